The first-order chi connectivity index (χ1) is 17.9. The molecule has 0 bridgehead atoms. The molecule has 4 aromatic rings. The molecule has 0 unspecified atom stereocenters. The maximum Gasteiger partial charge on any atom is 0.277 e. The molecular weight excluding hydrogens is 499 g/mol. The van der Waals surface area contributed by atoms with Gasteiger partial charge in [-0.2, -0.15) is 5.10 Å². The van der Waals surface area contributed by atoms with E-state index in [1.54, 1.807) is 37.4 Å². The Bertz CT molecular complexity index is 1440. The summed E-state index contributed by atoms with van der Waals surface area (Å²) in [5.74, 6) is 1.44. The lowest BCUT2D eigenvalue weighted by Crippen LogP contribution is -2.24. The van der Waals surface area contributed by atoms with Crippen molar-refractivity contribution in [2.75, 3.05) is 20.8 Å². The normalized spacial score (nSPS) is 10.9. The van der Waals surface area contributed by atoms with Gasteiger partial charge in [-0.15, -0.1) is 0 Å². The third kappa shape index (κ3) is 6.89. The lowest BCUT2D eigenvalue weighted by Gasteiger charge is -2.12. The number of carbonyl (C=O) groups excluding carboxylic acids is 1. The molecule has 0 heterocycles. The summed E-state index contributed by atoms with van der Waals surface area (Å²) >= 11 is 6.07. The number of halogens is 2. The molecule has 1 N–H and O–H groups in total. The van der Waals surface area contributed by atoms with E-state index in [0.717, 1.165) is 16.5 Å². The molecule has 9 heteroatoms. The van der Waals surface area contributed by atoms with E-state index in [4.69, 9.17) is 30.5 Å². The Morgan fingerprint density at radius 1 is 0.892 bits per heavy atom. The fourth-order valence-corrected chi connectivity index (χ4v) is 3.68. The Morgan fingerprint density at radius 3 is 2.38 bits per heavy atom. The molecule has 0 fully saturated rings. The first-order valence-electron chi connectivity index (χ1n) is 11.2. The Kier molecular flexibility index (Phi) is 8.43. The maximum atomic E-state index is 13.3. The van der Waals surface area contributed by atoms with Crippen LogP contribution in [-0.4, -0.2) is 32.9 Å². The Morgan fingerprint density at radius 2 is 1.65 bits per heavy atom. The van der Waals surface area contributed by atoms with Crippen LogP contribution in [0.1, 0.15) is 11.1 Å². The lowest BCUT2D eigenvalue weighted by molar-refractivity contribution is -0.123. The number of rotatable bonds is 10. The number of nitrogens with zero attached hydrogens (tertiary/aromatic N) is 1. The van der Waals surface area contributed by atoms with E-state index in [9.17, 15) is 9.18 Å². The standard InChI is InChI=1S/C28H24ClFN2O5/c1-34-23-8-5-20-13-24(9-6-19(20)12-23)36-17-28(33)32-31-15-18-3-10-26(35-2)27(11-18)37-16-21-4-7-22(30)14-25(21)29/h3-15H,16-17H2,1-2H3,(H,32,33). The van der Waals surface area contributed by atoms with Crippen LogP contribution in [0, 0.1) is 5.82 Å². The van der Waals surface area contributed by atoms with Crippen LogP contribution >= 0.6 is 11.6 Å². The Balaban J connectivity index is 1.32. The van der Waals surface area contributed by atoms with Gasteiger partial charge in [0.2, 0.25) is 0 Å². The summed E-state index contributed by atoms with van der Waals surface area (Å²) in [6, 6.07) is 20.5. The van der Waals surface area contributed by atoms with Crippen molar-refractivity contribution in [3.8, 4) is 23.0 Å². The molecule has 0 saturated carbocycles. The van der Waals surface area contributed by atoms with Gasteiger partial charge in [0.25, 0.3) is 5.91 Å². The molecule has 0 aliphatic carbocycles. The number of ether oxygens (including phenoxy) is 4. The van der Waals surface area contributed by atoms with Crippen LogP contribution in [0.5, 0.6) is 23.0 Å². The predicted octanol–water partition coefficient (Wildman–Crippen LogP) is 5.76. The minimum absolute atomic E-state index is 0.118. The molecule has 0 radical (unpaired) electrons. The van der Waals surface area contributed by atoms with E-state index in [0.29, 0.717) is 28.4 Å². The predicted molar refractivity (Wildman–Crippen MR) is 140 cm³/mol. The van der Waals surface area contributed by atoms with Crippen molar-refractivity contribution >= 4 is 34.5 Å². The zero-order valence-electron chi connectivity index (χ0n) is 20.2. The molecular formula is C28H24ClFN2O5. The number of nitrogens with one attached hydrogen (secondary N) is 1. The van der Waals surface area contributed by atoms with Crippen LogP contribution in [-0.2, 0) is 11.4 Å². The van der Waals surface area contributed by atoms with Gasteiger partial charge in [-0.1, -0.05) is 29.8 Å². The highest BCUT2D eigenvalue weighted by Crippen LogP contribution is 2.29. The quantitative estimate of drug-likeness (QED) is 0.212. The summed E-state index contributed by atoms with van der Waals surface area (Å²) in [6.07, 6.45) is 1.47. The largest absolute Gasteiger partial charge is 0.497 e. The summed E-state index contributed by atoms with van der Waals surface area (Å²) in [7, 11) is 3.14. The van der Waals surface area contributed by atoms with Gasteiger partial charge >= 0.3 is 0 Å². The zero-order valence-corrected chi connectivity index (χ0v) is 20.9. The van der Waals surface area contributed by atoms with Crippen molar-refractivity contribution in [2.24, 2.45) is 5.10 Å². The van der Waals surface area contributed by atoms with Crippen molar-refractivity contribution in [1.82, 2.24) is 5.43 Å². The number of hydrogen-bond donors (Lipinski definition) is 1. The molecule has 37 heavy (non-hydrogen) atoms. The summed E-state index contributed by atoms with van der Waals surface area (Å²) in [5, 5.41) is 6.23. The summed E-state index contributed by atoms with van der Waals surface area (Å²) in [6.45, 7) is -0.0825. The molecule has 0 saturated heterocycles. The first kappa shape index (κ1) is 25.8. The van der Waals surface area contributed by atoms with Gasteiger partial charge in [-0.25, -0.2) is 9.82 Å². The Labute approximate surface area is 218 Å². The van der Waals surface area contributed by atoms with Crippen LogP contribution in [0.4, 0.5) is 4.39 Å². The molecule has 0 aliphatic rings. The number of hydrogen-bond acceptors (Lipinski definition) is 6. The van der Waals surface area contributed by atoms with E-state index in [1.807, 2.05) is 30.3 Å². The third-order valence-corrected chi connectivity index (χ3v) is 5.73. The highest BCUT2D eigenvalue weighted by atomic mass is 35.5. The average Bonchev–Trinajstić information content (AvgIpc) is 2.91. The number of fused-ring (bicyclic) bond motifs is 1. The minimum Gasteiger partial charge on any atom is -0.497 e. The topological polar surface area (TPSA) is 78.4 Å². The number of benzene rings is 4. The molecule has 1 amide bonds. The van der Waals surface area contributed by atoms with Crippen LogP contribution < -0.4 is 24.4 Å². The molecule has 4 aromatic carbocycles. The lowest BCUT2D eigenvalue weighted by atomic mass is 10.1. The summed E-state index contributed by atoms with van der Waals surface area (Å²) in [4.78, 5) is 12.2. The highest BCUT2D eigenvalue weighted by Gasteiger charge is 2.09. The van der Waals surface area contributed by atoms with Crippen molar-refractivity contribution in [3.05, 3.63) is 94.8 Å². The van der Waals surface area contributed by atoms with Gasteiger partial charge in [0.15, 0.2) is 18.1 Å². The van der Waals surface area contributed by atoms with Crippen LogP contribution in [0.25, 0.3) is 10.8 Å². The van der Waals surface area contributed by atoms with E-state index >= 15 is 0 Å². The second-order valence-corrected chi connectivity index (χ2v) is 8.30. The van der Waals surface area contributed by atoms with Gasteiger partial charge < -0.3 is 18.9 Å². The van der Waals surface area contributed by atoms with E-state index < -0.39 is 11.7 Å². The highest BCUT2D eigenvalue weighted by molar-refractivity contribution is 6.31. The molecule has 0 atom stereocenters. The maximum absolute atomic E-state index is 13.3. The van der Waals surface area contributed by atoms with Gasteiger partial charge in [0.1, 0.15) is 23.9 Å². The number of methoxy groups -OCH3 is 2. The monoisotopic (exact) mass is 522 g/mol. The smallest absolute Gasteiger partial charge is 0.277 e. The molecule has 0 aromatic heterocycles. The van der Waals surface area contributed by atoms with Gasteiger partial charge in [-0.3, -0.25) is 4.79 Å². The van der Waals surface area contributed by atoms with E-state index in [1.165, 1.54) is 25.5 Å². The fourth-order valence-electron chi connectivity index (χ4n) is 3.46. The van der Waals surface area contributed by atoms with Crippen LogP contribution in [0.3, 0.4) is 0 Å². The van der Waals surface area contributed by atoms with E-state index in [-0.39, 0.29) is 18.2 Å². The fraction of sp³-hybridized carbons (Fsp3) is 0.143. The van der Waals surface area contributed by atoms with Crippen LogP contribution in [0.2, 0.25) is 5.02 Å². The van der Waals surface area contributed by atoms with Gasteiger partial charge in [-0.05, 0) is 70.9 Å². The SMILES string of the molecule is COc1ccc2cc(OCC(=O)NN=Cc3ccc(OC)c(OCc4ccc(F)cc4Cl)c3)ccc2c1. The minimum atomic E-state index is -0.421. The molecule has 0 aliphatic heterocycles. The first-order valence-corrected chi connectivity index (χ1v) is 11.6. The molecule has 4 rings (SSSR count). The summed E-state index contributed by atoms with van der Waals surface area (Å²) in [5.41, 5.74) is 3.72. The van der Waals surface area contributed by atoms with Crippen molar-refractivity contribution in [3.63, 3.8) is 0 Å². The number of amides is 1. The van der Waals surface area contributed by atoms with Crippen molar-refractivity contribution < 1.29 is 28.1 Å². The second kappa shape index (κ2) is 12.1. The van der Waals surface area contributed by atoms with Gasteiger partial charge in [0, 0.05) is 5.56 Å². The summed E-state index contributed by atoms with van der Waals surface area (Å²) < 4.78 is 35.3. The number of carbonyl (C=O) groups is 1. The number of hydrazone groups is 1. The molecule has 190 valence electrons. The third-order valence-electron chi connectivity index (χ3n) is 5.38. The zero-order chi connectivity index (χ0) is 26.2. The van der Waals surface area contributed by atoms with Gasteiger partial charge in [0.05, 0.1) is 25.5 Å². The Hall–Kier alpha value is -4.30. The van der Waals surface area contributed by atoms with E-state index in [2.05, 4.69) is 10.5 Å². The molecule has 7 nitrogen and oxygen atoms in total. The van der Waals surface area contributed by atoms with Crippen molar-refractivity contribution in [2.45, 2.75) is 6.61 Å². The van der Waals surface area contributed by atoms with Crippen molar-refractivity contribution in [1.29, 1.82) is 0 Å². The second-order valence-electron chi connectivity index (χ2n) is 7.89. The average molecular weight is 523 g/mol. The molecule has 0 spiro atoms. The van der Waals surface area contributed by atoms with Crippen LogP contribution in [0.15, 0.2) is 77.9 Å².